The Hall–Kier alpha value is -2.66. The minimum Gasteiger partial charge on any atom is -0.469 e. The molecule has 2 N–H and O–H groups in total. The van der Waals surface area contributed by atoms with Gasteiger partial charge in [-0.3, -0.25) is 9.59 Å². The monoisotopic (exact) mass is 367 g/mol. The number of amides is 1. The molecule has 1 aliphatic rings. The van der Waals surface area contributed by atoms with Gasteiger partial charge in [0.2, 0.25) is 0 Å². The van der Waals surface area contributed by atoms with Gasteiger partial charge in [-0.25, -0.2) is 0 Å². The fraction of sp³-hybridized carbons (Fsp3) is 0.364. The lowest BCUT2D eigenvalue weighted by atomic mass is 9.78. The van der Waals surface area contributed by atoms with Crippen LogP contribution >= 0.6 is 0 Å². The standard InChI is InChI=1S/C22H25NO4/c1-27-21(25)19-11-13-22(26,14-12-19)15-23-20(24)18-9-7-17(8-10-18)16-5-3-2-4-6-16/h2-10,19,26H,11-15H2,1H3,(H,23,24). The summed E-state index contributed by atoms with van der Waals surface area (Å²) >= 11 is 0. The molecule has 0 heterocycles. The molecule has 0 aliphatic heterocycles. The maximum absolute atomic E-state index is 12.4. The van der Waals surface area contributed by atoms with E-state index < -0.39 is 5.60 Å². The first kappa shape index (κ1) is 19.1. The third-order valence-corrected chi connectivity index (χ3v) is 5.28. The zero-order valence-corrected chi connectivity index (χ0v) is 15.5. The van der Waals surface area contributed by atoms with Crippen molar-refractivity contribution in [1.82, 2.24) is 5.32 Å². The molecule has 2 aromatic rings. The van der Waals surface area contributed by atoms with E-state index in [9.17, 15) is 14.7 Å². The van der Waals surface area contributed by atoms with Gasteiger partial charge >= 0.3 is 5.97 Å². The number of carbonyl (C=O) groups excluding carboxylic acids is 2. The molecule has 1 saturated carbocycles. The molecule has 1 aliphatic carbocycles. The molecule has 0 atom stereocenters. The van der Waals surface area contributed by atoms with E-state index in [1.165, 1.54) is 7.11 Å². The van der Waals surface area contributed by atoms with Crippen molar-refractivity contribution in [1.29, 1.82) is 0 Å². The van der Waals surface area contributed by atoms with Crippen LogP contribution in [0.1, 0.15) is 36.0 Å². The van der Waals surface area contributed by atoms with Gasteiger partial charge < -0.3 is 15.2 Å². The number of esters is 1. The average molecular weight is 367 g/mol. The number of aliphatic hydroxyl groups is 1. The highest BCUT2D eigenvalue weighted by Crippen LogP contribution is 2.32. The predicted octanol–water partition coefficient (Wildman–Crippen LogP) is 3.18. The summed E-state index contributed by atoms with van der Waals surface area (Å²) in [4.78, 5) is 24.0. The zero-order valence-electron chi connectivity index (χ0n) is 15.5. The van der Waals surface area contributed by atoms with E-state index >= 15 is 0 Å². The Balaban J connectivity index is 1.54. The third kappa shape index (κ3) is 4.74. The number of nitrogens with one attached hydrogen (secondary N) is 1. The molecule has 0 saturated heterocycles. The molecule has 0 spiro atoms. The van der Waals surface area contributed by atoms with E-state index in [4.69, 9.17) is 4.74 Å². The van der Waals surface area contributed by atoms with Crippen LogP contribution in [0.2, 0.25) is 0 Å². The smallest absolute Gasteiger partial charge is 0.308 e. The minimum absolute atomic E-state index is 0.156. The molecule has 1 fully saturated rings. The number of ether oxygens (including phenoxy) is 1. The third-order valence-electron chi connectivity index (χ3n) is 5.28. The molecule has 27 heavy (non-hydrogen) atoms. The highest BCUT2D eigenvalue weighted by Gasteiger charge is 2.36. The summed E-state index contributed by atoms with van der Waals surface area (Å²) in [6.07, 6.45) is 2.09. The second-order valence-electron chi connectivity index (χ2n) is 7.15. The Kier molecular flexibility index (Phi) is 5.91. The Bertz CT molecular complexity index is 778. The van der Waals surface area contributed by atoms with Crippen molar-refractivity contribution in [3.63, 3.8) is 0 Å². The lowest BCUT2D eigenvalue weighted by Crippen LogP contribution is -2.46. The molecule has 0 radical (unpaired) electrons. The average Bonchev–Trinajstić information content (AvgIpc) is 2.73. The first-order valence-corrected chi connectivity index (χ1v) is 9.25. The number of hydrogen-bond acceptors (Lipinski definition) is 4. The van der Waals surface area contributed by atoms with Crippen LogP contribution in [-0.4, -0.2) is 36.2 Å². The van der Waals surface area contributed by atoms with Crippen molar-refractivity contribution < 1.29 is 19.4 Å². The first-order chi connectivity index (χ1) is 13.0. The predicted molar refractivity (Wildman–Crippen MR) is 103 cm³/mol. The fourth-order valence-electron chi connectivity index (χ4n) is 3.53. The molecule has 0 aromatic heterocycles. The van der Waals surface area contributed by atoms with Crippen LogP contribution in [0.3, 0.4) is 0 Å². The van der Waals surface area contributed by atoms with Crippen LogP contribution in [0.4, 0.5) is 0 Å². The van der Waals surface area contributed by atoms with E-state index in [2.05, 4.69) is 5.32 Å². The number of carbonyl (C=O) groups is 2. The summed E-state index contributed by atoms with van der Waals surface area (Å²) in [5.74, 6) is -0.589. The van der Waals surface area contributed by atoms with Gasteiger partial charge in [0, 0.05) is 12.1 Å². The second kappa shape index (κ2) is 8.35. The summed E-state index contributed by atoms with van der Waals surface area (Å²) in [5, 5.41) is 13.5. The molecule has 1 amide bonds. The van der Waals surface area contributed by atoms with Crippen LogP contribution in [0.5, 0.6) is 0 Å². The number of methoxy groups -OCH3 is 1. The molecule has 5 heteroatoms. The van der Waals surface area contributed by atoms with Gasteiger partial charge in [-0.1, -0.05) is 42.5 Å². The molecule has 0 bridgehead atoms. The van der Waals surface area contributed by atoms with Crippen molar-refractivity contribution in [3.8, 4) is 11.1 Å². The van der Waals surface area contributed by atoms with Crippen molar-refractivity contribution >= 4 is 11.9 Å². The van der Waals surface area contributed by atoms with Gasteiger partial charge in [-0.2, -0.15) is 0 Å². The van der Waals surface area contributed by atoms with E-state index in [1.54, 1.807) is 12.1 Å². The SMILES string of the molecule is COC(=O)C1CCC(O)(CNC(=O)c2ccc(-c3ccccc3)cc2)CC1. The van der Waals surface area contributed by atoms with Crippen LogP contribution < -0.4 is 5.32 Å². The van der Waals surface area contributed by atoms with Gasteiger partial charge in [0.1, 0.15) is 0 Å². The van der Waals surface area contributed by atoms with Crippen molar-refractivity contribution in [3.05, 3.63) is 60.2 Å². The fourth-order valence-corrected chi connectivity index (χ4v) is 3.53. The van der Waals surface area contributed by atoms with E-state index in [-0.39, 0.29) is 24.3 Å². The quantitative estimate of drug-likeness (QED) is 0.796. The summed E-state index contributed by atoms with van der Waals surface area (Å²) in [6.45, 7) is 0.181. The highest BCUT2D eigenvalue weighted by atomic mass is 16.5. The lowest BCUT2D eigenvalue weighted by Gasteiger charge is -2.35. The Morgan fingerprint density at radius 2 is 1.63 bits per heavy atom. The first-order valence-electron chi connectivity index (χ1n) is 9.25. The molecule has 3 rings (SSSR count). The summed E-state index contributed by atoms with van der Waals surface area (Å²) in [7, 11) is 1.38. The molecule has 2 aromatic carbocycles. The van der Waals surface area contributed by atoms with Crippen LogP contribution in [0.25, 0.3) is 11.1 Å². The maximum Gasteiger partial charge on any atom is 0.308 e. The zero-order chi connectivity index (χ0) is 19.3. The van der Waals surface area contributed by atoms with Crippen molar-refractivity contribution in [2.75, 3.05) is 13.7 Å². The summed E-state index contributed by atoms with van der Waals surface area (Å²) in [5.41, 5.74) is 1.74. The molecule has 142 valence electrons. The van der Waals surface area contributed by atoms with Crippen LogP contribution in [0, 0.1) is 5.92 Å². The van der Waals surface area contributed by atoms with Gasteiger partial charge in [0.15, 0.2) is 0 Å². The van der Waals surface area contributed by atoms with Crippen LogP contribution in [0.15, 0.2) is 54.6 Å². The van der Waals surface area contributed by atoms with Gasteiger partial charge in [-0.15, -0.1) is 0 Å². The molecular formula is C22H25NO4. The lowest BCUT2D eigenvalue weighted by molar-refractivity contribution is -0.148. The molecule has 5 nitrogen and oxygen atoms in total. The highest BCUT2D eigenvalue weighted by molar-refractivity contribution is 5.94. The largest absolute Gasteiger partial charge is 0.469 e. The maximum atomic E-state index is 12.4. The Labute approximate surface area is 159 Å². The summed E-state index contributed by atoms with van der Waals surface area (Å²) in [6, 6.07) is 17.4. The number of rotatable bonds is 5. The van der Waals surface area contributed by atoms with Gasteiger partial charge in [0.05, 0.1) is 18.6 Å². The van der Waals surface area contributed by atoms with Crippen molar-refractivity contribution in [2.24, 2.45) is 5.92 Å². The number of hydrogen-bond donors (Lipinski definition) is 2. The molecule has 0 unspecified atom stereocenters. The van der Waals surface area contributed by atoms with E-state index in [0.717, 1.165) is 11.1 Å². The number of benzene rings is 2. The van der Waals surface area contributed by atoms with E-state index in [1.807, 2.05) is 42.5 Å². The second-order valence-corrected chi connectivity index (χ2v) is 7.15. The topological polar surface area (TPSA) is 75.6 Å². The molecular weight excluding hydrogens is 342 g/mol. The Morgan fingerprint density at radius 3 is 2.22 bits per heavy atom. The van der Waals surface area contributed by atoms with Crippen molar-refractivity contribution in [2.45, 2.75) is 31.3 Å². The van der Waals surface area contributed by atoms with Gasteiger partial charge in [0.25, 0.3) is 5.91 Å². The van der Waals surface area contributed by atoms with Gasteiger partial charge in [-0.05, 0) is 48.9 Å². The van der Waals surface area contributed by atoms with E-state index in [0.29, 0.717) is 31.2 Å². The summed E-state index contributed by atoms with van der Waals surface area (Å²) < 4.78 is 4.77. The normalized spacial score (nSPS) is 22.1. The van der Waals surface area contributed by atoms with Crippen LogP contribution in [-0.2, 0) is 9.53 Å². The minimum atomic E-state index is -0.968. The Morgan fingerprint density at radius 1 is 1.04 bits per heavy atom.